The van der Waals surface area contributed by atoms with Crippen molar-refractivity contribution in [3.8, 4) is 0 Å². The Hall–Kier alpha value is -1.46. The van der Waals surface area contributed by atoms with E-state index in [9.17, 15) is 4.79 Å². The molecule has 0 radical (unpaired) electrons. The molecule has 2 aromatic rings. The Kier molecular flexibility index (Phi) is 3.53. The number of rotatable bonds is 3. The zero-order valence-electron chi connectivity index (χ0n) is 14.0. The molecule has 1 aliphatic rings. The van der Waals surface area contributed by atoms with E-state index >= 15 is 0 Å². The van der Waals surface area contributed by atoms with Crippen molar-refractivity contribution >= 4 is 20.8 Å². The summed E-state index contributed by atoms with van der Waals surface area (Å²) in [6.07, 6.45) is 1.84. The first kappa shape index (κ1) is 15.4. The lowest BCUT2D eigenvalue weighted by atomic mass is 9.86. The molecular formula is C17H24N2O2Si. The third-order valence-corrected chi connectivity index (χ3v) is 6.11. The molecule has 3 heterocycles. The van der Waals surface area contributed by atoms with Gasteiger partial charge < -0.3 is 8.99 Å². The molecule has 5 heteroatoms. The van der Waals surface area contributed by atoms with Crippen LogP contribution >= 0.6 is 0 Å². The molecule has 0 N–H and O–H groups in total. The molecule has 0 saturated heterocycles. The summed E-state index contributed by atoms with van der Waals surface area (Å²) in [5, 5.41) is 0.257. The zero-order valence-corrected chi connectivity index (χ0v) is 15.4. The largest absolute Gasteiger partial charge is 0.418 e. The highest BCUT2D eigenvalue weighted by Gasteiger charge is 2.38. The summed E-state index contributed by atoms with van der Waals surface area (Å²) in [5.41, 5.74) is 2.84. The zero-order chi connectivity index (χ0) is 16.1. The second-order valence-electron chi connectivity index (χ2n) is 7.92. The van der Waals surface area contributed by atoms with Crippen LogP contribution in [0.2, 0.25) is 5.04 Å². The van der Waals surface area contributed by atoms with Gasteiger partial charge in [0.25, 0.3) is 5.56 Å². The quantitative estimate of drug-likeness (QED) is 0.818. The van der Waals surface area contributed by atoms with Crippen LogP contribution in [0.4, 0.5) is 0 Å². The van der Waals surface area contributed by atoms with E-state index in [2.05, 4.69) is 39.6 Å². The van der Waals surface area contributed by atoms with Crippen molar-refractivity contribution in [2.45, 2.75) is 57.7 Å². The van der Waals surface area contributed by atoms with Gasteiger partial charge in [-0.2, -0.15) is 0 Å². The van der Waals surface area contributed by atoms with Crippen molar-refractivity contribution in [1.82, 2.24) is 9.55 Å². The van der Waals surface area contributed by atoms with E-state index in [1.165, 1.54) is 5.56 Å². The summed E-state index contributed by atoms with van der Waals surface area (Å²) in [6.45, 7) is 11.7. The van der Waals surface area contributed by atoms with E-state index in [-0.39, 0.29) is 22.1 Å². The highest BCUT2D eigenvalue weighted by atomic mass is 28.2. The molecule has 1 aliphatic heterocycles. The molecule has 22 heavy (non-hydrogen) atoms. The Balaban J connectivity index is 2.01. The van der Waals surface area contributed by atoms with Gasteiger partial charge in [-0.05, 0) is 36.6 Å². The van der Waals surface area contributed by atoms with Crippen LogP contribution in [-0.2, 0) is 11.0 Å². The second-order valence-corrected chi connectivity index (χ2v) is 10.6. The fraction of sp³-hybridized carbons (Fsp3) is 0.529. The van der Waals surface area contributed by atoms with E-state index in [1.807, 2.05) is 22.9 Å². The van der Waals surface area contributed by atoms with Gasteiger partial charge >= 0.3 is 0 Å². The first-order valence-electron chi connectivity index (χ1n) is 7.81. The lowest BCUT2D eigenvalue weighted by Crippen LogP contribution is -2.37. The van der Waals surface area contributed by atoms with Crippen LogP contribution in [0.15, 0.2) is 29.2 Å². The van der Waals surface area contributed by atoms with Crippen LogP contribution in [-0.4, -0.2) is 24.9 Å². The predicted octanol–water partition coefficient (Wildman–Crippen LogP) is 2.59. The van der Waals surface area contributed by atoms with Crippen LogP contribution in [0.25, 0.3) is 11.0 Å². The minimum absolute atomic E-state index is 0.0492. The van der Waals surface area contributed by atoms with Crippen molar-refractivity contribution in [2.75, 3.05) is 0 Å². The van der Waals surface area contributed by atoms with Crippen LogP contribution in [0, 0.1) is 0 Å². The van der Waals surface area contributed by atoms with E-state index in [0.717, 1.165) is 11.0 Å². The predicted molar refractivity (Wildman–Crippen MR) is 92.2 cm³/mol. The van der Waals surface area contributed by atoms with Gasteiger partial charge in [0.15, 0.2) is 9.76 Å². The Morgan fingerprint density at radius 1 is 1.23 bits per heavy atom. The smallest absolute Gasteiger partial charge is 0.251 e. The Morgan fingerprint density at radius 2 is 1.95 bits per heavy atom. The molecule has 2 aromatic heterocycles. The Morgan fingerprint density at radius 3 is 2.64 bits per heavy atom. The third-order valence-electron chi connectivity index (χ3n) is 4.36. The van der Waals surface area contributed by atoms with Gasteiger partial charge in [-0.3, -0.25) is 9.78 Å². The van der Waals surface area contributed by atoms with Gasteiger partial charge in [0.05, 0.1) is 16.6 Å². The van der Waals surface area contributed by atoms with Gasteiger partial charge in [-0.1, -0.05) is 20.8 Å². The molecule has 0 saturated carbocycles. The van der Waals surface area contributed by atoms with E-state index in [1.54, 1.807) is 6.07 Å². The first-order chi connectivity index (χ1) is 10.2. The standard InChI is InChI=1S/C17H24N2O2Si/c1-16(2,3)22-21-17(4,5)12-10-19-14(20)7-6-13-15(19)11(12)8-9-18-13/h6-9,12H,10,22H2,1-5H3. The number of hydrogen-bond acceptors (Lipinski definition) is 3. The van der Waals surface area contributed by atoms with Crippen LogP contribution < -0.4 is 5.56 Å². The third kappa shape index (κ3) is 2.63. The minimum atomic E-state index is -0.653. The molecule has 1 atom stereocenters. The summed E-state index contributed by atoms with van der Waals surface area (Å²) < 4.78 is 8.24. The average Bonchev–Trinajstić information content (AvgIpc) is 2.83. The molecule has 0 amide bonds. The summed E-state index contributed by atoms with van der Waals surface area (Å²) >= 11 is 0. The first-order valence-corrected chi connectivity index (χ1v) is 9.10. The maximum Gasteiger partial charge on any atom is 0.251 e. The molecule has 0 bridgehead atoms. The van der Waals surface area contributed by atoms with E-state index in [4.69, 9.17) is 4.43 Å². The number of pyridine rings is 2. The summed E-state index contributed by atoms with van der Waals surface area (Å²) in [7, 11) is -0.653. The van der Waals surface area contributed by atoms with Gasteiger partial charge in [-0.15, -0.1) is 0 Å². The maximum atomic E-state index is 12.2. The number of nitrogens with zero attached hydrogens (tertiary/aromatic N) is 2. The molecule has 0 fully saturated rings. The van der Waals surface area contributed by atoms with Crippen molar-refractivity contribution in [3.63, 3.8) is 0 Å². The molecule has 3 rings (SSSR count). The molecule has 0 spiro atoms. The number of aromatic nitrogens is 2. The van der Waals surface area contributed by atoms with Gasteiger partial charge in [0.1, 0.15) is 0 Å². The molecule has 4 nitrogen and oxygen atoms in total. The molecule has 118 valence electrons. The normalized spacial score (nSPS) is 18.7. The highest BCUT2D eigenvalue weighted by molar-refractivity contribution is 6.31. The minimum Gasteiger partial charge on any atom is -0.418 e. The fourth-order valence-electron chi connectivity index (χ4n) is 3.09. The van der Waals surface area contributed by atoms with Crippen LogP contribution in [0.1, 0.15) is 46.1 Å². The lowest BCUT2D eigenvalue weighted by molar-refractivity contribution is 0.0746. The van der Waals surface area contributed by atoms with Crippen molar-refractivity contribution < 1.29 is 4.43 Å². The van der Waals surface area contributed by atoms with Crippen LogP contribution in [0.3, 0.4) is 0 Å². The average molecular weight is 316 g/mol. The summed E-state index contributed by atoms with van der Waals surface area (Å²) in [5.74, 6) is 0.197. The SMILES string of the molecule is CC(C)(C)[SiH2]OC(C)(C)C1Cn2c(=O)ccc3nccc1c32. The monoisotopic (exact) mass is 316 g/mol. The molecule has 0 aliphatic carbocycles. The topological polar surface area (TPSA) is 44.1 Å². The Bertz CT molecular complexity index is 774. The van der Waals surface area contributed by atoms with Crippen molar-refractivity contribution in [1.29, 1.82) is 0 Å². The summed E-state index contributed by atoms with van der Waals surface area (Å²) in [4.78, 5) is 16.6. The van der Waals surface area contributed by atoms with E-state index in [0.29, 0.717) is 6.54 Å². The van der Waals surface area contributed by atoms with Gasteiger partial charge in [0.2, 0.25) is 0 Å². The van der Waals surface area contributed by atoms with Crippen molar-refractivity contribution in [3.05, 3.63) is 40.3 Å². The maximum absolute atomic E-state index is 12.2. The molecule has 0 aromatic carbocycles. The molecular weight excluding hydrogens is 292 g/mol. The van der Waals surface area contributed by atoms with Gasteiger partial charge in [-0.25, -0.2) is 0 Å². The van der Waals surface area contributed by atoms with Gasteiger partial charge in [0, 0.05) is 24.7 Å². The highest BCUT2D eigenvalue weighted by Crippen LogP contribution is 2.40. The Labute approximate surface area is 133 Å². The fourth-order valence-corrected chi connectivity index (χ4v) is 4.10. The second kappa shape index (κ2) is 5.03. The number of hydrogen-bond donors (Lipinski definition) is 0. The van der Waals surface area contributed by atoms with E-state index < -0.39 is 9.76 Å². The summed E-state index contributed by atoms with van der Waals surface area (Å²) in [6, 6.07) is 5.47. The lowest BCUT2D eigenvalue weighted by Gasteiger charge is -2.35. The van der Waals surface area contributed by atoms with Crippen molar-refractivity contribution in [2.24, 2.45) is 0 Å². The molecule has 1 unspecified atom stereocenters. The van der Waals surface area contributed by atoms with Crippen LogP contribution in [0.5, 0.6) is 0 Å².